The highest BCUT2D eigenvalue weighted by Crippen LogP contribution is 2.36. The SMILES string of the molecule is CCCC1(C(=O)O)CCN(C(=O)C(C)CCN)C1. The predicted octanol–water partition coefficient (Wildman–Crippen LogP) is 1.07. The van der Waals surface area contributed by atoms with Gasteiger partial charge in [-0.05, 0) is 25.8 Å². The minimum Gasteiger partial charge on any atom is -0.481 e. The Kier molecular flexibility index (Phi) is 5.14. The Balaban J connectivity index is 2.69. The summed E-state index contributed by atoms with van der Waals surface area (Å²) in [6.45, 7) is 5.23. The summed E-state index contributed by atoms with van der Waals surface area (Å²) in [6.07, 6.45) is 2.69. The largest absolute Gasteiger partial charge is 0.481 e. The molecule has 0 aromatic rings. The van der Waals surface area contributed by atoms with Crippen molar-refractivity contribution in [2.45, 2.75) is 39.5 Å². The van der Waals surface area contributed by atoms with Gasteiger partial charge in [-0.15, -0.1) is 0 Å². The van der Waals surface area contributed by atoms with Gasteiger partial charge in [0.05, 0.1) is 5.41 Å². The third-order valence-electron chi connectivity index (χ3n) is 3.87. The van der Waals surface area contributed by atoms with Crippen molar-refractivity contribution in [3.63, 3.8) is 0 Å². The van der Waals surface area contributed by atoms with E-state index in [0.717, 1.165) is 6.42 Å². The monoisotopic (exact) mass is 256 g/mol. The van der Waals surface area contributed by atoms with E-state index in [4.69, 9.17) is 5.73 Å². The van der Waals surface area contributed by atoms with E-state index in [-0.39, 0.29) is 11.8 Å². The van der Waals surface area contributed by atoms with E-state index < -0.39 is 11.4 Å². The van der Waals surface area contributed by atoms with Gasteiger partial charge in [0.2, 0.25) is 5.91 Å². The van der Waals surface area contributed by atoms with Crippen LogP contribution in [0.25, 0.3) is 0 Å². The molecule has 1 saturated heterocycles. The average molecular weight is 256 g/mol. The first-order chi connectivity index (χ1) is 8.46. The van der Waals surface area contributed by atoms with Crippen LogP contribution >= 0.6 is 0 Å². The number of rotatable bonds is 6. The van der Waals surface area contributed by atoms with Gasteiger partial charge >= 0.3 is 5.97 Å². The molecule has 0 saturated carbocycles. The first kappa shape index (κ1) is 15.0. The molecular weight excluding hydrogens is 232 g/mol. The van der Waals surface area contributed by atoms with Crippen molar-refractivity contribution in [2.24, 2.45) is 17.1 Å². The van der Waals surface area contributed by atoms with E-state index in [0.29, 0.717) is 38.9 Å². The van der Waals surface area contributed by atoms with Crippen LogP contribution in [-0.2, 0) is 9.59 Å². The van der Waals surface area contributed by atoms with Crippen molar-refractivity contribution in [1.29, 1.82) is 0 Å². The number of nitrogens with two attached hydrogens (primary N) is 1. The summed E-state index contributed by atoms with van der Waals surface area (Å²) in [5, 5.41) is 9.38. The predicted molar refractivity (Wildman–Crippen MR) is 69.0 cm³/mol. The molecule has 3 N–H and O–H groups in total. The fourth-order valence-corrected chi connectivity index (χ4v) is 2.71. The van der Waals surface area contributed by atoms with Crippen molar-refractivity contribution in [3.05, 3.63) is 0 Å². The Morgan fingerprint density at radius 1 is 1.50 bits per heavy atom. The number of likely N-dealkylation sites (tertiary alicyclic amines) is 1. The molecule has 5 heteroatoms. The van der Waals surface area contributed by atoms with Crippen molar-refractivity contribution in [1.82, 2.24) is 4.90 Å². The molecule has 1 rings (SSSR count). The Labute approximate surface area is 108 Å². The van der Waals surface area contributed by atoms with E-state index in [1.807, 2.05) is 13.8 Å². The third kappa shape index (κ3) is 3.02. The topological polar surface area (TPSA) is 83.6 Å². The maximum absolute atomic E-state index is 12.1. The molecule has 0 aliphatic carbocycles. The van der Waals surface area contributed by atoms with Gasteiger partial charge in [0.25, 0.3) is 0 Å². The number of carbonyl (C=O) groups excluding carboxylic acids is 1. The summed E-state index contributed by atoms with van der Waals surface area (Å²) in [6, 6.07) is 0. The molecular formula is C13H24N2O3. The fraction of sp³-hybridized carbons (Fsp3) is 0.846. The Morgan fingerprint density at radius 2 is 2.17 bits per heavy atom. The number of nitrogens with zero attached hydrogens (tertiary/aromatic N) is 1. The highest BCUT2D eigenvalue weighted by atomic mass is 16.4. The van der Waals surface area contributed by atoms with Gasteiger partial charge in [-0.2, -0.15) is 0 Å². The molecule has 1 fully saturated rings. The number of carbonyl (C=O) groups is 2. The summed E-state index contributed by atoms with van der Waals surface area (Å²) in [5.41, 5.74) is 4.72. The van der Waals surface area contributed by atoms with Crippen molar-refractivity contribution in [3.8, 4) is 0 Å². The van der Waals surface area contributed by atoms with Crippen molar-refractivity contribution < 1.29 is 14.7 Å². The molecule has 0 spiro atoms. The Bertz CT molecular complexity index is 319. The first-order valence-electron chi connectivity index (χ1n) is 6.69. The molecule has 1 aliphatic rings. The van der Waals surface area contributed by atoms with Crippen LogP contribution in [0.3, 0.4) is 0 Å². The zero-order valence-electron chi connectivity index (χ0n) is 11.3. The van der Waals surface area contributed by atoms with Crippen molar-refractivity contribution in [2.75, 3.05) is 19.6 Å². The fourth-order valence-electron chi connectivity index (χ4n) is 2.71. The zero-order valence-corrected chi connectivity index (χ0v) is 11.3. The number of hydrogen-bond donors (Lipinski definition) is 2. The van der Waals surface area contributed by atoms with Crippen LogP contribution in [0.4, 0.5) is 0 Å². The second-order valence-corrected chi connectivity index (χ2v) is 5.32. The van der Waals surface area contributed by atoms with E-state index in [1.165, 1.54) is 0 Å². The van der Waals surface area contributed by atoms with Crippen LogP contribution in [0.2, 0.25) is 0 Å². The maximum atomic E-state index is 12.1. The molecule has 1 aliphatic heterocycles. The summed E-state index contributed by atoms with van der Waals surface area (Å²) >= 11 is 0. The average Bonchev–Trinajstić information content (AvgIpc) is 2.74. The molecule has 0 aromatic heterocycles. The summed E-state index contributed by atoms with van der Waals surface area (Å²) in [4.78, 5) is 25.2. The number of aliphatic carboxylic acids is 1. The molecule has 2 unspecified atom stereocenters. The lowest BCUT2D eigenvalue weighted by Gasteiger charge is -2.25. The molecule has 0 aromatic carbocycles. The van der Waals surface area contributed by atoms with Crippen LogP contribution in [0.5, 0.6) is 0 Å². The van der Waals surface area contributed by atoms with E-state index in [1.54, 1.807) is 4.90 Å². The summed E-state index contributed by atoms with van der Waals surface area (Å²) in [5.74, 6) is -0.841. The smallest absolute Gasteiger partial charge is 0.311 e. The quantitative estimate of drug-likeness (QED) is 0.744. The normalized spacial score (nSPS) is 25.2. The van der Waals surface area contributed by atoms with Crippen LogP contribution < -0.4 is 5.73 Å². The van der Waals surface area contributed by atoms with Crippen LogP contribution in [0, 0.1) is 11.3 Å². The molecule has 18 heavy (non-hydrogen) atoms. The highest BCUT2D eigenvalue weighted by molar-refractivity contribution is 5.82. The number of carboxylic acids is 1. The van der Waals surface area contributed by atoms with Crippen LogP contribution in [-0.4, -0.2) is 41.5 Å². The zero-order chi connectivity index (χ0) is 13.8. The van der Waals surface area contributed by atoms with E-state index in [9.17, 15) is 14.7 Å². The number of hydrogen-bond acceptors (Lipinski definition) is 3. The minimum absolute atomic E-state index is 0.0414. The second-order valence-electron chi connectivity index (χ2n) is 5.32. The van der Waals surface area contributed by atoms with E-state index in [2.05, 4.69) is 0 Å². The molecule has 104 valence electrons. The lowest BCUT2D eigenvalue weighted by Crippen LogP contribution is -2.39. The van der Waals surface area contributed by atoms with Gasteiger partial charge in [0, 0.05) is 19.0 Å². The Morgan fingerprint density at radius 3 is 2.67 bits per heavy atom. The van der Waals surface area contributed by atoms with Crippen molar-refractivity contribution >= 4 is 11.9 Å². The van der Waals surface area contributed by atoms with Crippen LogP contribution in [0.1, 0.15) is 39.5 Å². The minimum atomic E-state index is -0.772. The van der Waals surface area contributed by atoms with Gasteiger partial charge in [-0.25, -0.2) is 0 Å². The van der Waals surface area contributed by atoms with Gasteiger partial charge in [0.15, 0.2) is 0 Å². The van der Waals surface area contributed by atoms with Gasteiger partial charge in [-0.1, -0.05) is 20.3 Å². The molecule has 1 heterocycles. The van der Waals surface area contributed by atoms with Gasteiger partial charge < -0.3 is 15.7 Å². The second kappa shape index (κ2) is 6.18. The molecule has 2 atom stereocenters. The highest BCUT2D eigenvalue weighted by Gasteiger charge is 2.45. The summed E-state index contributed by atoms with van der Waals surface area (Å²) in [7, 11) is 0. The Hall–Kier alpha value is -1.10. The third-order valence-corrected chi connectivity index (χ3v) is 3.87. The first-order valence-corrected chi connectivity index (χ1v) is 6.69. The van der Waals surface area contributed by atoms with Gasteiger partial charge in [-0.3, -0.25) is 9.59 Å². The maximum Gasteiger partial charge on any atom is 0.311 e. The number of carboxylic acid groups (broad SMARTS) is 1. The van der Waals surface area contributed by atoms with Gasteiger partial charge in [0.1, 0.15) is 0 Å². The standard InChI is InChI=1S/C13H24N2O3/c1-3-5-13(12(17)18)6-8-15(9-13)11(16)10(2)4-7-14/h10H,3-9,14H2,1-2H3,(H,17,18). The van der Waals surface area contributed by atoms with Crippen LogP contribution in [0.15, 0.2) is 0 Å². The molecule has 0 radical (unpaired) electrons. The summed E-state index contributed by atoms with van der Waals surface area (Å²) < 4.78 is 0. The molecule has 0 bridgehead atoms. The molecule has 1 amide bonds. The lowest BCUT2D eigenvalue weighted by atomic mass is 9.83. The van der Waals surface area contributed by atoms with E-state index >= 15 is 0 Å². The molecule has 5 nitrogen and oxygen atoms in total. The number of amides is 1. The lowest BCUT2D eigenvalue weighted by molar-refractivity contribution is -0.149.